The van der Waals surface area contributed by atoms with E-state index in [2.05, 4.69) is 63.6 Å². The summed E-state index contributed by atoms with van der Waals surface area (Å²) in [5.41, 5.74) is 3.73. The first kappa shape index (κ1) is 20.3. The van der Waals surface area contributed by atoms with Gasteiger partial charge in [0, 0.05) is 39.4 Å². The predicted octanol–water partition coefficient (Wildman–Crippen LogP) is 3.42. The van der Waals surface area contributed by atoms with Gasteiger partial charge in [-0.05, 0) is 41.5 Å². The third-order valence-corrected chi connectivity index (χ3v) is 5.29. The van der Waals surface area contributed by atoms with Gasteiger partial charge in [-0.2, -0.15) is 0 Å². The van der Waals surface area contributed by atoms with Crippen LogP contribution in [0.2, 0.25) is 0 Å². The number of piperidine rings is 1. The highest BCUT2D eigenvalue weighted by molar-refractivity contribution is 5.79. The van der Waals surface area contributed by atoms with Crippen LogP contribution in [0.15, 0.2) is 53.7 Å². The monoisotopic (exact) mass is 379 g/mol. The second-order valence-corrected chi connectivity index (χ2v) is 8.01. The van der Waals surface area contributed by atoms with Crippen LogP contribution in [0.3, 0.4) is 0 Å². The van der Waals surface area contributed by atoms with Gasteiger partial charge in [0.25, 0.3) is 0 Å². The van der Waals surface area contributed by atoms with Crippen molar-refractivity contribution in [1.82, 2.24) is 20.5 Å². The fraction of sp³-hybridized carbons (Fsp3) is 0.478. The van der Waals surface area contributed by atoms with Crippen LogP contribution in [0.4, 0.5) is 0 Å². The molecule has 150 valence electrons. The van der Waals surface area contributed by atoms with Crippen molar-refractivity contribution in [1.29, 1.82) is 0 Å². The van der Waals surface area contributed by atoms with Crippen LogP contribution in [0.1, 0.15) is 37.1 Å². The zero-order chi connectivity index (χ0) is 19.8. The third-order valence-electron chi connectivity index (χ3n) is 5.29. The average Bonchev–Trinajstić information content (AvgIpc) is 2.69. The number of rotatable bonds is 6. The number of aliphatic imine (C=N–C) groups is 1. The minimum Gasteiger partial charge on any atom is -0.352 e. The van der Waals surface area contributed by atoms with E-state index in [4.69, 9.17) is 0 Å². The van der Waals surface area contributed by atoms with Gasteiger partial charge < -0.3 is 10.6 Å². The molecule has 1 saturated heterocycles. The molecule has 2 unspecified atom stereocenters. The molecule has 2 aromatic rings. The standard InChI is InChI=1S/C23H33N5/c1-18-12-19(2)16-28(15-18)17-21-9-5-4-8-20(21)13-26-23(24-3)27-14-22-10-6-7-11-25-22/h4-11,18-19H,12-17H2,1-3H3,(H2,24,26,27). The molecular formula is C23H33N5. The number of nitrogens with one attached hydrogen (secondary N) is 2. The van der Waals surface area contributed by atoms with Crippen molar-refractivity contribution in [3.8, 4) is 0 Å². The van der Waals surface area contributed by atoms with Gasteiger partial charge in [-0.1, -0.05) is 44.2 Å². The molecular weight excluding hydrogens is 346 g/mol. The zero-order valence-corrected chi connectivity index (χ0v) is 17.4. The summed E-state index contributed by atoms with van der Waals surface area (Å²) in [6, 6.07) is 14.7. The minimum absolute atomic E-state index is 0.658. The maximum absolute atomic E-state index is 4.34. The first-order valence-corrected chi connectivity index (χ1v) is 10.3. The summed E-state index contributed by atoms with van der Waals surface area (Å²) in [5.74, 6) is 2.35. The molecule has 0 saturated carbocycles. The summed E-state index contributed by atoms with van der Waals surface area (Å²) < 4.78 is 0. The SMILES string of the molecule is CN=C(NCc1ccccn1)NCc1ccccc1CN1CC(C)CC(C)C1. The highest BCUT2D eigenvalue weighted by Gasteiger charge is 2.22. The lowest BCUT2D eigenvalue weighted by Crippen LogP contribution is -2.39. The van der Waals surface area contributed by atoms with Gasteiger partial charge in [0.05, 0.1) is 12.2 Å². The van der Waals surface area contributed by atoms with Crippen LogP contribution >= 0.6 is 0 Å². The summed E-state index contributed by atoms with van der Waals surface area (Å²) in [5, 5.41) is 6.78. The van der Waals surface area contributed by atoms with Gasteiger partial charge in [-0.25, -0.2) is 0 Å². The summed E-state index contributed by atoms with van der Waals surface area (Å²) in [6.07, 6.45) is 3.16. The van der Waals surface area contributed by atoms with E-state index in [1.54, 1.807) is 7.05 Å². The van der Waals surface area contributed by atoms with E-state index >= 15 is 0 Å². The van der Waals surface area contributed by atoms with Crippen molar-refractivity contribution in [2.45, 2.75) is 39.9 Å². The maximum Gasteiger partial charge on any atom is 0.191 e. The molecule has 5 heteroatoms. The summed E-state index contributed by atoms with van der Waals surface area (Å²) in [4.78, 5) is 11.3. The van der Waals surface area contributed by atoms with E-state index in [-0.39, 0.29) is 0 Å². The van der Waals surface area contributed by atoms with E-state index in [0.29, 0.717) is 6.54 Å². The van der Waals surface area contributed by atoms with Gasteiger partial charge in [-0.3, -0.25) is 14.9 Å². The molecule has 0 aliphatic carbocycles. The van der Waals surface area contributed by atoms with Crippen LogP contribution in [-0.2, 0) is 19.6 Å². The molecule has 2 N–H and O–H groups in total. The van der Waals surface area contributed by atoms with Gasteiger partial charge in [0.2, 0.25) is 0 Å². The molecule has 0 spiro atoms. The number of aromatic nitrogens is 1. The van der Waals surface area contributed by atoms with Crippen LogP contribution < -0.4 is 10.6 Å². The van der Waals surface area contributed by atoms with E-state index < -0.39 is 0 Å². The number of benzene rings is 1. The molecule has 1 aliphatic heterocycles. The lowest BCUT2D eigenvalue weighted by molar-refractivity contribution is 0.134. The Morgan fingerprint density at radius 2 is 1.68 bits per heavy atom. The van der Waals surface area contributed by atoms with Crippen LogP contribution in [0.5, 0.6) is 0 Å². The van der Waals surface area contributed by atoms with Crippen molar-refractivity contribution in [3.63, 3.8) is 0 Å². The molecule has 0 radical (unpaired) electrons. The smallest absolute Gasteiger partial charge is 0.191 e. The lowest BCUT2D eigenvalue weighted by Gasteiger charge is -2.35. The largest absolute Gasteiger partial charge is 0.352 e. The lowest BCUT2D eigenvalue weighted by atomic mass is 9.91. The summed E-state index contributed by atoms with van der Waals surface area (Å²) in [7, 11) is 1.80. The van der Waals surface area contributed by atoms with E-state index in [1.807, 2.05) is 24.4 Å². The summed E-state index contributed by atoms with van der Waals surface area (Å²) in [6.45, 7) is 9.56. The molecule has 1 fully saturated rings. The first-order chi connectivity index (χ1) is 13.6. The van der Waals surface area contributed by atoms with E-state index in [9.17, 15) is 0 Å². The molecule has 0 amide bonds. The third kappa shape index (κ3) is 6.06. The Labute approximate surface area is 169 Å². The van der Waals surface area contributed by atoms with Crippen molar-refractivity contribution >= 4 is 5.96 Å². The molecule has 1 aromatic carbocycles. The van der Waals surface area contributed by atoms with E-state index in [1.165, 1.54) is 30.6 Å². The fourth-order valence-electron chi connectivity index (χ4n) is 4.12. The molecule has 1 aliphatic rings. The first-order valence-electron chi connectivity index (χ1n) is 10.3. The van der Waals surface area contributed by atoms with Gasteiger partial charge in [0.15, 0.2) is 5.96 Å². The summed E-state index contributed by atoms with van der Waals surface area (Å²) >= 11 is 0. The Balaban J connectivity index is 1.56. The molecule has 1 aromatic heterocycles. The number of nitrogens with zero attached hydrogens (tertiary/aromatic N) is 3. The van der Waals surface area contributed by atoms with Crippen molar-refractivity contribution < 1.29 is 0 Å². The van der Waals surface area contributed by atoms with Gasteiger partial charge in [-0.15, -0.1) is 0 Å². The van der Waals surface area contributed by atoms with Crippen molar-refractivity contribution in [2.75, 3.05) is 20.1 Å². The Morgan fingerprint density at radius 1 is 1.00 bits per heavy atom. The highest BCUT2D eigenvalue weighted by Crippen LogP contribution is 2.23. The maximum atomic E-state index is 4.34. The predicted molar refractivity (Wildman–Crippen MR) is 116 cm³/mol. The number of pyridine rings is 1. The molecule has 2 heterocycles. The quantitative estimate of drug-likeness (QED) is 0.596. The Hall–Kier alpha value is -2.40. The van der Waals surface area contributed by atoms with Crippen LogP contribution in [-0.4, -0.2) is 36.0 Å². The van der Waals surface area contributed by atoms with Crippen molar-refractivity contribution in [3.05, 3.63) is 65.5 Å². The Bertz CT molecular complexity index is 749. The second kappa shape index (κ2) is 10.2. The number of hydrogen-bond acceptors (Lipinski definition) is 3. The molecule has 5 nitrogen and oxygen atoms in total. The molecule has 28 heavy (non-hydrogen) atoms. The average molecular weight is 380 g/mol. The normalized spacial score (nSPS) is 20.8. The number of likely N-dealkylation sites (tertiary alicyclic amines) is 1. The molecule has 2 atom stereocenters. The highest BCUT2D eigenvalue weighted by atomic mass is 15.2. The minimum atomic E-state index is 0.658. The second-order valence-electron chi connectivity index (χ2n) is 8.01. The number of hydrogen-bond donors (Lipinski definition) is 2. The topological polar surface area (TPSA) is 52.6 Å². The van der Waals surface area contributed by atoms with Gasteiger partial charge >= 0.3 is 0 Å². The van der Waals surface area contributed by atoms with Crippen LogP contribution in [0.25, 0.3) is 0 Å². The molecule has 3 rings (SSSR count). The molecule has 0 bridgehead atoms. The Kier molecular flexibility index (Phi) is 7.43. The number of guanidine groups is 1. The fourth-order valence-corrected chi connectivity index (χ4v) is 4.12. The zero-order valence-electron chi connectivity index (χ0n) is 17.4. The van der Waals surface area contributed by atoms with Crippen LogP contribution in [0, 0.1) is 11.8 Å². The van der Waals surface area contributed by atoms with E-state index in [0.717, 1.165) is 36.6 Å². The van der Waals surface area contributed by atoms with Crippen molar-refractivity contribution in [2.24, 2.45) is 16.8 Å². The van der Waals surface area contributed by atoms with Gasteiger partial charge in [0.1, 0.15) is 0 Å². The Morgan fingerprint density at radius 3 is 2.36 bits per heavy atom.